The van der Waals surface area contributed by atoms with E-state index in [1.54, 1.807) is 21.3 Å². The predicted molar refractivity (Wildman–Crippen MR) is 108 cm³/mol. The van der Waals surface area contributed by atoms with Crippen molar-refractivity contribution in [2.45, 2.75) is 60.3 Å². The first-order chi connectivity index (χ1) is 12.0. The predicted octanol–water partition coefficient (Wildman–Crippen LogP) is 4.89. The molecule has 0 aliphatic rings. The van der Waals surface area contributed by atoms with Gasteiger partial charge in [0.2, 0.25) is 0 Å². The first-order valence-corrected chi connectivity index (χ1v) is 9.34. The number of unbranched alkanes of at least 4 members (excludes halogenated alkanes) is 1. The number of para-hydroxylation sites is 1. The molecule has 4 nitrogen and oxygen atoms in total. The van der Waals surface area contributed by atoms with E-state index in [1.807, 2.05) is 32.0 Å². The smallest absolute Gasteiger partial charge is 0.163 e. The lowest BCUT2D eigenvalue weighted by Crippen LogP contribution is -2.23. The van der Waals surface area contributed by atoms with Crippen molar-refractivity contribution in [2.24, 2.45) is 5.92 Å². The van der Waals surface area contributed by atoms with Crippen LogP contribution in [0.1, 0.15) is 59.4 Å². The Morgan fingerprint density at radius 1 is 1.08 bits per heavy atom. The van der Waals surface area contributed by atoms with Crippen molar-refractivity contribution in [3.63, 3.8) is 0 Å². The van der Waals surface area contributed by atoms with Crippen molar-refractivity contribution in [3.05, 3.63) is 23.8 Å². The monoisotopic (exact) mass is 353 g/mol. The molecule has 1 aromatic carbocycles. The van der Waals surface area contributed by atoms with Gasteiger partial charge in [0, 0.05) is 5.92 Å². The molecule has 1 unspecified atom stereocenters. The van der Waals surface area contributed by atoms with Crippen molar-refractivity contribution in [3.8, 4) is 11.5 Å². The zero-order valence-electron chi connectivity index (χ0n) is 17.6. The molecule has 146 valence electrons. The van der Waals surface area contributed by atoms with Gasteiger partial charge < -0.3 is 14.8 Å². The molecule has 0 saturated carbocycles. The van der Waals surface area contributed by atoms with Crippen LogP contribution in [-0.2, 0) is 11.2 Å². The SMILES string of the molecule is CCC(C)C(=O)CNC.CCCC.CCc1cccc(OC)c1OC. The molecular weight excluding hydrogens is 314 g/mol. The molecule has 1 rings (SSSR count). The average molecular weight is 354 g/mol. The fourth-order valence-corrected chi connectivity index (χ4v) is 1.81. The highest BCUT2D eigenvalue weighted by Crippen LogP contribution is 2.30. The second-order valence-corrected chi connectivity index (χ2v) is 5.81. The molecule has 1 atom stereocenters. The van der Waals surface area contributed by atoms with E-state index in [-0.39, 0.29) is 5.92 Å². The van der Waals surface area contributed by atoms with Gasteiger partial charge in [0.05, 0.1) is 20.8 Å². The lowest BCUT2D eigenvalue weighted by Gasteiger charge is -2.10. The number of hydrogen-bond acceptors (Lipinski definition) is 4. The van der Waals surface area contributed by atoms with Crippen LogP contribution in [0.5, 0.6) is 11.5 Å². The lowest BCUT2D eigenvalue weighted by atomic mass is 10.0. The zero-order valence-corrected chi connectivity index (χ0v) is 17.6. The van der Waals surface area contributed by atoms with E-state index < -0.39 is 0 Å². The molecule has 0 spiro atoms. The van der Waals surface area contributed by atoms with Crippen LogP contribution in [0.2, 0.25) is 0 Å². The summed E-state index contributed by atoms with van der Waals surface area (Å²) >= 11 is 0. The van der Waals surface area contributed by atoms with Crippen LogP contribution < -0.4 is 14.8 Å². The van der Waals surface area contributed by atoms with E-state index in [4.69, 9.17) is 9.47 Å². The molecule has 0 amide bonds. The van der Waals surface area contributed by atoms with Gasteiger partial charge in [-0.3, -0.25) is 4.79 Å². The summed E-state index contributed by atoms with van der Waals surface area (Å²) in [6.45, 7) is 10.9. The van der Waals surface area contributed by atoms with Gasteiger partial charge in [-0.1, -0.05) is 59.6 Å². The van der Waals surface area contributed by atoms with Crippen molar-refractivity contribution in [2.75, 3.05) is 27.8 Å². The van der Waals surface area contributed by atoms with Crippen LogP contribution >= 0.6 is 0 Å². The number of benzene rings is 1. The largest absolute Gasteiger partial charge is 0.493 e. The fraction of sp³-hybridized carbons (Fsp3) is 0.667. The summed E-state index contributed by atoms with van der Waals surface area (Å²) < 4.78 is 10.4. The number of likely N-dealkylation sites (N-methyl/N-ethyl adjacent to an activating group) is 1. The number of carbonyl (C=O) groups is 1. The Balaban J connectivity index is 0. The van der Waals surface area contributed by atoms with Gasteiger partial charge in [0.1, 0.15) is 5.78 Å². The van der Waals surface area contributed by atoms with Crippen LogP contribution in [-0.4, -0.2) is 33.6 Å². The van der Waals surface area contributed by atoms with E-state index in [1.165, 1.54) is 18.4 Å². The third kappa shape index (κ3) is 11.6. The standard InChI is InChI=1S/C10H14O2.C7H15NO.C4H10/c1-4-8-6-5-7-9(11-2)10(8)12-3;1-4-6(2)7(9)5-8-3;1-3-4-2/h5-7H,4H2,1-3H3;6,8H,4-5H2,1-3H3;3-4H2,1-2H3. The van der Waals surface area contributed by atoms with Gasteiger partial charge in [-0.05, 0) is 31.5 Å². The summed E-state index contributed by atoms with van der Waals surface area (Å²) in [7, 11) is 5.11. The molecule has 0 aliphatic heterocycles. The maximum Gasteiger partial charge on any atom is 0.163 e. The highest BCUT2D eigenvalue weighted by Gasteiger charge is 2.07. The molecule has 0 aliphatic carbocycles. The van der Waals surface area contributed by atoms with E-state index >= 15 is 0 Å². The van der Waals surface area contributed by atoms with Crippen molar-refractivity contribution < 1.29 is 14.3 Å². The molecule has 1 N–H and O–H groups in total. The Labute approximate surface area is 155 Å². The maximum atomic E-state index is 10.9. The van der Waals surface area contributed by atoms with E-state index in [2.05, 4.69) is 26.1 Å². The number of ether oxygens (including phenoxy) is 2. The Morgan fingerprint density at radius 2 is 1.68 bits per heavy atom. The minimum atomic E-state index is 0.220. The molecule has 0 fully saturated rings. The topological polar surface area (TPSA) is 47.6 Å². The molecule has 4 heteroatoms. The number of carbonyl (C=O) groups excluding carboxylic acids is 1. The average Bonchev–Trinajstić information content (AvgIpc) is 2.67. The summed E-state index contributed by atoms with van der Waals surface area (Å²) in [5.74, 6) is 2.18. The second-order valence-electron chi connectivity index (χ2n) is 5.81. The van der Waals surface area contributed by atoms with Crippen molar-refractivity contribution >= 4 is 5.78 Å². The van der Waals surface area contributed by atoms with Crippen molar-refractivity contribution in [1.29, 1.82) is 0 Å². The molecule has 25 heavy (non-hydrogen) atoms. The zero-order chi connectivity index (χ0) is 19.7. The summed E-state index contributed by atoms with van der Waals surface area (Å²) in [4.78, 5) is 10.9. The number of rotatable bonds is 8. The molecular formula is C21H39NO3. The fourth-order valence-electron chi connectivity index (χ4n) is 1.81. The van der Waals surface area contributed by atoms with E-state index in [9.17, 15) is 4.79 Å². The van der Waals surface area contributed by atoms with Crippen LogP contribution in [0.15, 0.2) is 18.2 Å². The van der Waals surface area contributed by atoms with Gasteiger partial charge in [-0.25, -0.2) is 0 Å². The number of hydrogen-bond donors (Lipinski definition) is 1. The number of methoxy groups -OCH3 is 2. The van der Waals surface area contributed by atoms with Gasteiger partial charge in [0.25, 0.3) is 0 Å². The first kappa shape index (κ1) is 25.7. The normalized spacial score (nSPS) is 10.6. The molecule has 0 bridgehead atoms. The molecule has 0 radical (unpaired) electrons. The van der Waals surface area contributed by atoms with Gasteiger partial charge in [-0.2, -0.15) is 0 Å². The summed E-state index contributed by atoms with van der Waals surface area (Å²) in [6, 6.07) is 5.92. The van der Waals surface area contributed by atoms with E-state index in [0.717, 1.165) is 24.3 Å². The first-order valence-electron chi connectivity index (χ1n) is 9.34. The molecule has 1 aromatic rings. The van der Waals surface area contributed by atoms with Crippen LogP contribution in [0, 0.1) is 5.92 Å². The molecule has 0 aromatic heterocycles. The summed E-state index contributed by atoms with van der Waals surface area (Å²) in [5, 5.41) is 2.83. The molecule has 0 saturated heterocycles. The number of nitrogens with one attached hydrogen (secondary N) is 1. The third-order valence-corrected chi connectivity index (χ3v) is 3.88. The number of ketones is 1. The Hall–Kier alpha value is -1.55. The Kier molecular flexibility index (Phi) is 17.8. The number of Topliss-reactive ketones (excluding diaryl/α,β-unsaturated/α-hetero) is 1. The third-order valence-electron chi connectivity index (χ3n) is 3.88. The highest BCUT2D eigenvalue weighted by molar-refractivity contribution is 5.82. The quantitative estimate of drug-likeness (QED) is 0.722. The lowest BCUT2D eigenvalue weighted by molar-refractivity contribution is -0.121. The van der Waals surface area contributed by atoms with Crippen LogP contribution in [0.25, 0.3) is 0 Å². The Morgan fingerprint density at radius 3 is 2.04 bits per heavy atom. The second kappa shape index (κ2) is 17.3. The summed E-state index contributed by atoms with van der Waals surface area (Å²) in [6.07, 6.45) is 4.54. The highest BCUT2D eigenvalue weighted by atomic mass is 16.5. The van der Waals surface area contributed by atoms with Gasteiger partial charge >= 0.3 is 0 Å². The minimum Gasteiger partial charge on any atom is -0.493 e. The van der Waals surface area contributed by atoms with Crippen LogP contribution in [0.3, 0.4) is 0 Å². The maximum absolute atomic E-state index is 10.9. The Bertz CT molecular complexity index is 423. The number of aryl methyl sites for hydroxylation is 1. The van der Waals surface area contributed by atoms with Gasteiger partial charge in [-0.15, -0.1) is 0 Å². The van der Waals surface area contributed by atoms with Gasteiger partial charge in [0.15, 0.2) is 11.5 Å². The van der Waals surface area contributed by atoms with Crippen LogP contribution in [0.4, 0.5) is 0 Å². The van der Waals surface area contributed by atoms with E-state index in [0.29, 0.717) is 12.3 Å². The van der Waals surface area contributed by atoms with Crippen molar-refractivity contribution in [1.82, 2.24) is 5.32 Å². The minimum absolute atomic E-state index is 0.220. The summed E-state index contributed by atoms with van der Waals surface area (Å²) in [5.41, 5.74) is 1.18. The molecule has 0 heterocycles.